The molecule has 0 atom stereocenters. The molecule has 0 radical (unpaired) electrons. The normalized spacial score (nSPS) is 11.6. The summed E-state index contributed by atoms with van der Waals surface area (Å²) < 4.78 is 18.5. The number of methoxy groups -OCH3 is 3. The van der Waals surface area contributed by atoms with E-state index in [1.807, 2.05) is 146 Å². The molecule has 0 aliphatic heterocycles. The third-order valence-electron chi connectivity index (χ3n) is 14.8. The molecule has 0 saturated carbocycles. The van der Waals surface area contributed by atoms with Gasteiger partial charge in [-0.05, 0) is 142 Å². The maximum absolute atomic E-state index is 6.20. The Bertz CT molecular complexity index is 3790. The van der Waals surface area contributed by atoms with E-state index < -0.39 is 10.8 Å². The minimum absolute atomic E-state index is 0.462. The molecule has 0 spiro atoms. The van der Waals surface area contributed by atoms with Gasteiger partial charge in [0.2, 0.25) is 0 Å². The standard InChI is InChI=1S/C74H61N3O3/c1-73(2,58-41-44-70(78-4)64(47-58)67(53-25-13-7-14-26-53)50-75-61-31-19-10-20-32-61)56-37-39-57(40-38-56)74(3,59-42-45-71(79-5)65(48-59)68(54-27-15-8-16-28-54)51-76-62-33-21-11-22-34-62)60-43-46-72(80-6)66(49-60)69(55-29-17-9-18-30-55)52-77-63-35-23-12-24-36-63/h7-49H,1-6H3. The van der Waals surface area contributed by atoms with E-state index >= 15 is 0 Å². The van der Waals surface area contributed by atoms with E-state index in [1.54, 1.807) is 21.3 Å². The van der Waals surface area contributed by atoms with Gasteiger partial charge in [-0.1, -0.05) is 202 Å². The van der Waals surface area contributed by atoms with Gasteiger partial charge in [-0.15, -0.1) is 0 Å². The number of nitrogens with zero attached hydrogens (tertiary/aromatic N) is 3. The van der Waals surface area contributed by atoms with Crippen molar-refractivity contribution in [2.24, 2.45) is 15.0 Å². The lowest BCUT2D eigenvalue weighted by molar-refractivity contribution is 0.412. The molecular formula is C74H61N3O3. The fourth-order valence-corrected chi connectivity index (χ4v) is 10.1. The van der Waals surface area contributed by atoms with Gasteiger partial charge in [0.25, 0.3) is 0 Å². The first-order valence-electron chi connectivity index (χ1n) is 26.7. The molecule has 0 aromatic heterocycles. The summed E-state index contributed by atoms with van der Waals surface area (Å²) in [5, 5.41) is 0. The average Bonchev–Trinajstić information content (AvgIpc) is 3.68. The Labute approximate surface area is 470 Å². The van der Waals surface area contributed by atoms with Gasteiger partial charge in [-0.2, -0.15) is 0 Å². The molecule has 0 heterocycles. The van der Waals surface area contributed by atoms with Crippen LogP contribution in [0.4, 0.5) is 17.1 Å². The Morgan fingerprint density at radius 1 is 0.300 bits per heavy atom. The van der Waals surface area contributed by atoms with Crippen molar-refractivity contribution in [2.75, 3.05) is 21.3 Å². The summed E-state index contributed by atoms with van der Waals surface area (Å²) in [6, 6.07) is 88.9. The van der Waals surface area contributed by atoms with Crippen molar-refractivity contribution in [3.05, 3.63) is 322 Å². The molecule has 6 nitrogen and oxygen atoms in total. The van der Waals surface area contributed by atoms with Gasteiger partial charge in [0.15, 0.2) is 0 Å². The maximum Gasteiger partial charge on any atom is 0.127 e. The predicted molar refractivity (Wildman–Crippen MR) is 331 cm³/mol. The van der Waals surface area contributed by atoms with Crippen molar-refractivity contribution in [2.45, 2.75) is 31.6 Å². The molecular weight excluding hydrogens is 979 g/mol. The molecule has 6 heteroatoms. The van der Waals surface area contributed by atoms with Crippen LogP contribution in [0.5, 0.6) is 17.2 Å². The lowest BCUT2D eigenvalue weighted by Crippen LogP contribution is -2.26. The van der Waals surface area contributed by atoms with Gasteiger partial charge in [-0.25, -0.2) is 15.0 Å². The molecule has 0 fully saturated rings. The highest BCUT2D eigenvalue weighted by atomic mass is 16.5. The number of hydrogen-bond acceptors (Lipinski definition) is 6. The van der Waals surface area contributed by atoms with Gasteiger partial charge >= 0.3 is 0 Å². The zero-order valence-corrected chi connectivity index (χ0v) is 45.9. The molecule has 0 unspecified atom stereocenters. The highest BCUT2D eigenvalue weighted by Gasteiger charge is 2.35. The third kappa shape index (κ3) is 11.6. The molecule has 390 valence electrons. The van der Waals surface area contributed by atoms with Crippen LogP contribution in [0.1, 0.15) is 82.0 Å². The second kappa shape index (κ2) is 24.5. The van der Waals surface area contributed by atoms with Crippen LogP contribution in [-0.4, -0.2) is 38.9 Å². The van der Waals surface area contributed by atoms with Gasteiger partial charge in [-0.3, -0.25) is 0 Å². The summed E-state index contributed by atoms with van der Waals surface area (Å²) in [7, 11) is 5.13. The fraction of sp³-hybridized carbons (Fsp3) is 0.108. The highest BCUT2D eigenvalue weighted by molar-refractivity contribution is 6.03. The first-order chi connectivity index (χ1) is 39.2. The summed E-state index contributed by atoms with van der Waals surface area (Å²) in [6.07, 6.45) is 0. The zero-order chi connectivity index (χ0) is 55.3. The van der Waals surface area contributed by atoms with Crippen molar-refractivity contribution in [1.29, 1.82) is 0 Å². The number of ether oxygens (including phenoxy) is 3. The SMILES string of the molecule is COc1ccc(C(C)(C)c2ccc(C(C)(c3ccc(OC)c(C(=C=Nc4ccccc4)c4ccccc4)c3)c3ccc(OC)c(C(=C=Nc4ccccc4)c4ccccc4)c3)cc2)cc1C(=C=Nc1ccccc1)c1ccccc1. The van der Waals surface area contributed by atoms with Gasteiger partial charge in [0.05, 0.1) is 55.1 Å². The zero-order valence-electron chi connectivity index (χ0n) is 45.9. The van der Waals surface area contributed by atoms with Crippen LogP contribution in [0, 0.1) is 0 Å². The molecule has 0 aliphatic carbocycles. The average molecular weight is 1040 g/mol. The Hall–Kier alpha value is -10.1. The van der Waals surface area contributed by atoms with E-state index in [2.05, 4.69) is 154 Å². The first-order valence-corrected chi connectivity index (χ1v) is 26.7. The summed E-state index contributed by atoms with van der Waals surface area (Å²) >= 11 is 0. The summed E-state index contributed by atoms with van der Waals surface area (Å²) in [5.41, 5.74) is 14.4. The van der Waals surface area contributed by atoms with Crippen LogP contribution in [0.3, 0.4) is 0 Å². The molecule has 0 N–H and O–H groups in total. The Kier molecular flexibility index (Phi) is 16.4. The van der Waals surface area contributed by atoms with Crippen molar-refractivity contribution < 1.29 is 14.2 Å². The van der Waals surface area contributed by atoms with Crippen molar-refractivity contribution in [1.82, 2.24) is 0 Å². The van der Waals surface area contributed by atoms with Crippen LogP contribution >= 0.6 is 0 Å². The largest absolute Gasteiger partial charge is 0.496 e. The Morgan fingerprint density at radius 3 is 0.875 bits per heavy atom. The molecule has 80 heavy (non-hydrogen) atoms. The molecule has 10 aromatic rings. The van der Waals surface area contributed by atoms with E-state index in [4.69, 9.17) is 29.2 Å². The predicted octanol–water partition coefficient (Wildman–Crippen LogP) is 17.7. The van der Waals surface area contributed by atoms with Gasteiger partial charge in [0.1, 0.15) is 17.2 Å². The topological polar surface area (TPSA) is 64.8 Å². The highest BCUT2D eigenvalue weighted by Crippen LogP contribution is 2.46. The van der Waals surface area contributed by atoms with Crippen LogP contribution < -0.4 is 14.2 Å². The number of benzene rings is 10. The van der Waals surface area contributed by atoms with Crippen LogP contribution in [0.15, 0.2) is 276 Å². The lowest BCUT2D eigenvalue weighted by Gasteiger charge is -2.34. The van der Waals surface area contributed by atoms with Crippen LogP contribution in [-0.2, 0) is 10.8 Å². The smallest absolute Gasteiger partial charge is 0.127 e. The molecule has 10 aromatic carbocycles. The molecule has 10 rings (SSSR count). The van der Waals surface area contributed by atoms with Crippen molar-refractivity contribution >= 4 is 51.4 Å². The van der Waals surface area contributed by atoms with E-state index in [1.165, 1.54) is 0 Å². The van der Waals surface area contributed by atoms with E-state index in [-0.39, 0.29) is 0 Å². The minimum Gasteiger partial charge on any atom is -0.496 e. The second-order valence-corrected chi connectivity index (χ2v) is 20.0. The number of aliphatic imine (C=N–C) groups is 3. The Morgan fingerprint density at radius 2 is 0.562 bits per heavy atom. The van der Waals surface area contributed by atoms with Crippen LogP contribution in [0.25, 0.3) is 16.7 Å². The fourth-order valence-electron chi connectivity index (χ4n) is 10.1. The Balaban J connectivity index is 1.16. The van der Waals surface area contributed by atoms with E-state index in [9.17, 15) is 0 Å². The van der Waals surface area contributed by atoms with Crippen LogP contribution in [0.2, 0.25) is 0 Å². The van der Waals surface area contributed by atoms with E-state index in [0.29, 0.717) is 11.5 Å². The summed E-state index contributed by atoms with van der Waals surface area (Å²) in [4.78, 5) is 14.6. The van der Waals surface area contributed by atoms with Gasteiger partial charge < -0.3 is 14.2 Å². The summed E-state index contributed by atoms with van der Waals surface area (Å²) in [5.74, 6) is 12.5. The van der Waals surface area contributed by atoms with Gasteiger partial charge in [0, 0.05) is 27.5 Å². The first kappa shape index (κ1) is 53.4. The van der Waals surface area contributed by atoms with Crippen molar-refractivity contribution in [3.63, 3.8) is 0 Å². The lowest BCUT2D eigenvalue weighted by atomic mass is 9.69. The molecule has 0 aliphatic rings. The number of para-hydroxylation sites is 3. The number of hydrogen-bond donors (Lipinski definition) is 0. The van der Waals surface area contributed by atoms with Crippen molar-refractivity contribution in [3.8, 4) is 17.2 Å². The quantitative estimate of drug-likeness (QED) is 0.0674. The monoisotopic (exact) mass is 1040 g/mol. The maximum atomic E-state index is 6.20. The molecule has 0 saturated heterocycles. The second-order valence-electron chi connectivity index (χ2n) is 20.0. The number of rotatable bonds is 17. The minimum atomic E-state index is -0.789. The van der Waals surface area contributed by atoms with E-state index in [0.717, 1.165) is 101 Å². The summed E-state index contributed by atoms with van der Waals surface area (Å²) in [6.45, 7) is 6.83. The molecule has 0 bridgehead atoms. The molecule has 0 amide bonds. The third-order valence-corrected chi connectivity index (χ3v) is 14.8.